The van der Waals surface area contributed by atoms with Crippen LogP contribution in [-0.2, 0) is 16.1 Å². The largest absolute Gasteiger partial charge is 0.357 e. The molecule has 0 fully saturated rings. The molecule has 33 heavy (non-hydrogen) atoms. The molecule has 0 aromatic heterocycles. The fraction of sp³-hybridized carbons (Fsp3) is 0.259. The Labute approximate surface area is 205 Å². The molecule has 2 amide bonds. The Kier molecular flexibility index (Phi) is 8.93. The molecule has 3 aromatic rings. The molecule has 0 saturated heterocycles. The van der Waals surface area contributed by atoms with Crippen molar-refractivity contribution in [2.45, 2.75) is 38.3 Å². The minimum absolute atomic E-state index is 0.117. The molecule has 4 nitrogen and oxygen atoms in total. The molecule has 0 heterocycles. The van der Waals surface area contributed by atoms with E-state index in [2.05, 4.69) is 5.32 Å². The molecule has 3 aromatic carbocycles. The number of carbonyl (C=O) groups excluding carboxylic acids is 2. The van der Waals surface area contributed by atoms with Crippen LogP contribution in [0.5, 0.6) is 0 Å². The van der Waals surface area contributed by atoms with Crippen molar-refractivity contribution >= 4 is 35.0 Å². The molecule has 0 saturated carbocycles. The zero-order valence-electron chi connectivity index (χ0n) is 18.8. The molecular formula is C27H28Cl2N2O2. The maximum absolute atomic E-state index is 13.8. The van der Waals surface area contributed by atoms with Gasteiger partial charge in [0.2, 0.25) is 11.8 Å². The average Bonchev–Trinajstić information content (AvgIpc) is 2.84. The van der Waals surface area contributed by atoms with Crippen LogP contribution in [0.3, 0.4) is 0 Å². The molecule has 0 aliphatic carbocycles. The predicted molar refractivity (Wildman–Crippen MR) is 135 cm³/mol. The number of rotatable bonds is 9. The van der Waals surface area contributed by atoms with Crippen LogP contribution in [0.15, 0.2) is 78.9 Å². The number of hydrogen-bond acceptors (Lipinski definition) is 2. The molecular weight excluding hydrogens is 455 g/mol. The topological polar surface area (TPSA) is 49.4 Å². The fourth-order valence-corrected chi connectivity index (χ4v) is 4.48. The van der Waals surface area contributed by atoms with Gasteiger partial charge in [0.05, 0.1) is 0 Å². The first-order valence-electron chi connectivity index (χ1n) is 11.0. The molecule has 1 unspecified atom stereocenters. The highest BCUT2D eigenvalue weighted by molar-refractivity contribution is 6.35. The van der Waals surface area contributed by atoms with Gasteiger partial charge in [0.25, 0.3) is 0 Å². The van der Waals surface area contributed by atoms with Crippen LogP contribution in [0, 0.1) is 0 Å². The maximum atomic E-state index is 13.8. The van der Waals surface area contributed by atoms with Gasteiger partial charge in [-0.3, -0.25) is 9.59 Å². The molecule has 0 aliphatic rings. The van der Waals surface area contributed by atoms with E-state index in [4.69, 9.17) is 23.2 Å². The van der Waals surface area contributed by atoms with E-state index in [1.54, 1.807) is 30.1 Å². The van der Waals surface area contributed by atoms with E-state index in [1.165, 1.54) is 0 Å². The van der Waals surface area contributed by atoms with Crippen LogP contribution >= 0.6 is 23.2 Å². The van der Waals surface area contributed by atoms with Gasteiger partial charge in [0.15, 0.2) is 0 Å². The van der Waals surface area contributed by atoms with Gasteiger partial charge >= 0.3 is 0 Å². The van der Waals surface area contributed by atoms with Gasteiger partial charge in [-0.05, 0) is 35.2 Å². The molecule has 1 atom stereocenters. The third-order valence-electron chi connectivity index (χ3n) is 5.77. The SMILES string of the molecule is CCC(C(=O)NC)N(Cc1ccc(Cl)cc1Cl)C(=O)CC(c1ccccc1)c1ccccc1. The van der Waals surface area contributed by atoms with E-state index in [9.17, 15) is 9.59 Å². The van der Waals surface area contributed by atoms with Gasteiger partial charge in [0, 0.05) is 36.0 Å². The smallest absolute Gasteiger partial charge is 0.242 e. The molecule has 0 aliphatic heterocycles. The lowest BCUT2D eigenvalue weighted by atomic mass is 9.88. The number of likely N-dealkylation sites (N-methyl/N-ethyl adjacent to an activating group) is 1. The fourth-order valence-electron chi connectivity index (χ4n) is 4.01. The summed E-state index contributed by atoms with van der Waals surface area (Å²) >= 11 is 12.5. The molecule has 0 bridgehead atoms. The Morgan fingerprint density at radius 1 is 0.909 bits per heavy atom. The molecule has 0 spiro atoms. The summed E-state index contributed by atoms with van der Waals surface area (Å²) in [4.78, 5) is 28.1. The summed E-state index contributed by atoms with van der Waals surface area (Å²) in [5.41, 5.74) is 2.84. The highest BCUT2D eigenvalue weighted by Crippen LogP contribution is 2.30. The Morgan fingerprint density at radius 2 is 1.48 bits per heavy atom. The van der Waals surface area contributed by atoms with Gasteiger partial charge in [0.1, 0.15) is 6.04 Å². The monoisotopic (exact) mass is 482 g/mol. The van der Waals surface area contributed by atoms with Crippen LogP contribution in [0.25, 0.3) is 0 Å². The Balaban J connectivity index is 1.97. The first-order valence-corrected chi connectivity index (χ1v) is 11.7. The molecule has 1 N–H and O–H groups in total. The van der Waals surface area contributed by atoms with E-state index in [-0.39, 0.29) is 30.7 Å². The van der Waals surface area contributed by atoms with E-state index in [1.807, 2.05) is 67.6 Å². The number of nitrogens with zero attached hydrogens (tertiary/aromatic N) is 1. The maximum Gasteiger partial charge on any atom is 0.242 e. The van der Waals surface area contributed by atoms with Crippen LogP contribution in [0.2, 0.25) is 10.0 Å². The van der Waals surface area contributed by atoms with E-state index >= 15 is 0 Å². The zero-order valence-corrected chi connectivity index (χ0v) is 20.3. The van der Waals surface area contributed by atoms with Crippen molar-refractivity contribution in [3.63, 3.8) is 0 Å². The lowest BCUT2D eigenvalue weighted by Crippen LogP contribution is -2.48. The molecule has 0 radical (unpaired) electrons. The first kappa shape index (κ1) is 24.8. The molecule has 172 valence electrons. The zero-order chi connectivity index (χ0) is 23.8. The molecule has 3 rings (SSSR count). The number of hydrogen-bond donors (Lipinski definition) is 1. The van der Waals surface area contributed by atoms with Crippen molar-refractivity contribution in [2.75, 3.05) is 7.05 Å². The summed E-state index contributed by atoms with van der Waals surface area (Å²) in [6, 6.07) is 24.5. The van der Waals surface area contributed by atoms with E-state index in [0.29, 0.717) is 16.5 Å². The van der Waals surface area contributed by atoms with Gasteiger partial charge in [-0.15, -0.1) is 0 Å². The minimum Gasteiger partial charge on any atom is -0.357 e. The first-order chi connectivity index (χ1) is 15.9. The van der Waals surface area contributed by atoms with E-state index in [0.717, 1.165) is 16.7 Å². The molecule has 6 heteroatoms. The van der Waals surface area contributed by atoms with Crippen molar-refractivity contribution in [3.05, 3.63) is 106 Å². The summed E-state index contributed by atoms with van der Waals surface area (Å²) in [6.45, 7) is 2.12. The second-order valence-corrected chi connectivity index (χ2v) is 8.72. The second kappa shape index (κ2) is 11.9. The van der Waals surface area contributed by atoms with Crippen LogP contribution in [0.1, 0.15) is 42.4 Å². The summed E-state index contributed by atoms with van der Waals surface area (Å²) in [5.74, 6) is -0.452. The summed E-state index contributed by atoms with van der Waals surface area (Å²) in [5, 5.41) is 3.68. The normalized spacial score (nSPS) is 11.8. The Hall–Kier alpha value is -2.82. The Morgan fingerprint density at radius 3 is 1.97 bits per heavy atom. The average molecular weight is 483 g/mol. The van der Waals surface area contributed by atoms with E-state index < -0.39 is 6.04 Å². The van der Waals surface area contributed by atoms with Crippen LogP contribution < -0.4 is 5.32 Å². The van der Waals surface area contributed by atoms with Gasteiger partial charge < -0.3 is 10.2 Å². The number of benzene rings is 3. The van der Waals surface area contributed by atoms with Crippen LogP contribution in [-0.4, -0.2) is 29.8 Å². The quantitative estimate of drug-likeness (QED) is 0.402. The van der Waals surface area contributed by atoms with Crippen molar-refractivity contribution < 1.29 is 9.59 Å². The second-order valence-electron chi connectivity index (χ2n) is 7.87. The standard InChI is InChI=1S/C27H28Cl2N2O2/c1-3-25(27(33)30-2)31(18-21-14-15-22(28)16-24(21)29)26(32)17-23(19-10-6-4-7-11-19)20-12-8-5-9-13-20/h4-16,23,25H,3,17-18H2,1-2H3,(H,30,33). The van der Waals surface area contributed by atoms with Gasteiger partial charge in [-0.1, -0.05) is 96.9 Å². The third-order valence-corrected chi connectivity index (χ3v) is 6.36. The van der Waals surface area contributed by atoms with Gasteiger partial charge in [-0.2, -0.15) is 0 Å². The summed E-state index contributed by atoms with van der Waals surface area (Å²) in [6.07, 6.45) is 0.713. The summed E-state index contributed by atoms with van der Waals surface area (Å²) in [7, 11) is 1.58. The highest BCUT2D eigenvalue weighted by Gasteiger charge is 2.30. The van der Waals surface area contributed by atoms with Crippen molar-refractivity contribution in [1.29, 1.82) is 0 Å². The van der Waals surface area contributed by atoms with Crippen LogP contribution in [0.4, 0.5) is 0 Å². The van der Waals surface area contributed by atoms with Crippen molar-refractivity contribution in [3.8, 4) is 0 Å². The number of nitrogens with one attached hydrogen (secondary N) is 1. The highest BCUT2D eigenvalue weighted by atomic mass is 35.5. The lowest BCUT2D eigenvalue weighted by Gasteiger charge is -2.32. The van der Waals surface area contributed by atoms with Gasteiger partial charge in [-0.25, -0.2) is 0 Å². The van der Waals surface area contributed by atoms with Crippen molar-refractivity contribution in [2.24, 2.45) is 0 Å². The number of amides is 2. The third kappa shape index (κ3) is 6.37. The van der Waals surface area contributed by atoms with Crippen molar-refractivity contribution in [1.82, 2.24) is 10.2 Å². The minimum atomic E-state index is -0.610. The number of halogens is 2. The number of carbonyl (C=O) groups is 2. The predicted octanol–water partition coefficient (Wildman–Crippen LogP) is 6.07. The Bertz CT molecular complexity index is 1030. The lowest BCUT2D eigenvalue weighted by molar-refractivity contribution is -0.141. The summed E-state index contributed by atoms with van der Waals surface area (Å²) < 4.78 is 0.